The Kier molecular flexibility index (Phi) is 12.1. The van der Waals surface area contributed by atoms with Crippen LogP contribution in [0.2, 0.25) is 0 Å². The first-order chi connectivity index (χ1) is 9.61. The summed E-state index contributed by atoms with van der Waals surface area (Å²) in [6.45, 7) is 5.90. The number of esters is 1. The molecule has 1 unspecified atom stereocenters. The van der Waals surface area contributed by atoms with Gasteiger partial charge in [0, 0.05) is 20.1 Å². The average molecular weight is 288 g/mol. The predicted molar refractivity (Wildman–Crippen MR) is 77.5 cm³/mol. The summed E-state index contributed by atoms with van der Waals surface area (Å²) in [5.74, 6) is -0.153. The Morgan fingerprint density at radius 3 is 2.55 bits per heavy atom. The van der Waals surface area contributed by atoms with Crippen molar-refractivity contribution < 1.29 is 19.1 Å². The smallest absolute Gasteiger partial charge is 0.305 e. The lowest BCUT2D eigenvalue weighted by Crippen LogP contribution is -2.43. The van der Waals surface area contributed by atoms with Crippen LogP contribution in [-0.4, -0.2) is 51.3 Å². The van der Waals surface area contributed by atoms with Gasteiger partial charge in [0.05, 0.1) is 19.3 Å². The van der Waals surface area contributed by atoms with Gasteiger partial charge in [0.25, 0.3) is 0 Å². The van der Waals surface area contributed by atoms with E-state index in [1.54, 1.807) is 14.0 Å². The summed E-state index contributed by atoms with van der Waals surface area (Å²) in [4.78, 5) is 22.7. The van der Waals surface area contributed by atoms with E-state index in [2.05, 4.69) is 10.6 Å². The van der Waals surface area contributed by atoms with Crippen LogP contribution < -0.4 is 10.6 Å². The van der Waals surface area contributed by atoms with Crippen LogP contribution in [0.1, 0.15) is 39.5 Å². The average Bonchev–Trinajstić information content (AvgIpc) is 2.42. The molecule has 0 aromatic heterocycles. The van der Waals surface area contributed by atoms with E-state index in [1.165, 1.54) is 0 Å². The number of nitrogens with one attached hydrogen (secondary N) is 2. The number of carbonyl (C=O) groups excluding carboxylic acids is 2. The maximum atomic E-state index is 11.6. The number of unbranched alkanes of at least 4 members (excludes halogenated alkanes) is 2. The Hall–Kier alpha value is -1.14. The predicted octanol–water partition coefficient (Wildman–Crippen LogP) is 0.851. The molecule has 0 saturated carbocycles. The quantitative estimate of drug-likeness (QED) is 0.411. The molecule has 0 spiro atoms. The molecule has 0 aromatic carbocycles. The largest absolute Gasteiger partial charge is 0.466 e. The normalized spacial score (nSPS) is 11.9. The SMILES string of the molecule is CCOC(=O)CCCCCNC(C)C(=O)NCCOC. The molecule has 0 radical (unpaired) electrons. The maximum absolute atomic E-state index is 11.6. The highest BCUT2D eigenvalue weighted by molar-refractivity contribution is 5.81. The zero-order valence-corrected chi connectivity index (χ0v) is 12.9. The molecule has 0 fully saturated rings. The van der Waals surface area contributed by atoms with Crippen molar-refractivity contribution in [2.75, 3.05) is 33.4 Å². The molecule has 0 heterocycles. The van der Waals surface area contributed by atoms with Crippen molar-refractivity contribution in [2.24, 2.45) is 0 Å². The first-order valence-corrected chi connectivity index (χ1v) is 7.27. The van der Waals surface area contributed by atoms with Crippen molar-refractivity contribution in [3.8, 4) is 0 Å². The summed E-state index contributed by atoms with van der Waals surface area (Å²) < 4.78 is 9.71. The second-order valence-corrected chi connectivity index (χ2v) is 4.58. The molecule has 6 heteroatoms. The van der Waals surface area contributed by atoms with Crippen LogP contribution in [-0.2, 0) is 19.1 Å². The summed E-state index contributed by atoms with van der Waals surface area (Å²) in [5, 5.41) is 5.93. The number of rotatable bonds is 12. The van der Waals surface area contributed by atoms with E-state index >= 15 is 0 Å². The lowest BCUT2D eigenvalue weighted by Gasteiger charge is -2.13. The Balaban J connectivity index is 3.45. The zero-order valence-electron chi connectivity index (χ0n) is 12.9. The van der Waals surface area contributed by atoms with E-state index in [4.69, 9.17) is 9.47 Å². The molecule has 2 N–H and O–H groups in total. The molecule has 0 aromatic rings. The first-order valence-electron chi connectivity index (χ1n) is 7.27. The molecule has 0 aliphatic rings. The molecule has 1 atom stereocenters. The van der Waals surface area contributed by atoms with E-state index in [-0.39, 0.29) is 17.9 Å². The van der Waals surface area contributed by atoms with Gasteiger partial charge in [-0.25, -0.2) is 0 Å². The third-order valence-electron chi connectivity index (χ3n) is 2.81. The number of hydrogen-bond donors (Lipinski definition) is 2. The summed E-state index contributed by atoms with van der Waals surface area (Å²) >= 11 is 0. The van der Waals surface area contributed by atoms with Gasteiger partial charge in [-0.3, -0.25) is 9.59 Å². The van der Waals surface area contributed by atoms with Gasteiger partial charge in [0.1, 0.15) is 0 Å². The van der Waals surface area contributed by atoms with Crippen LogP contribution in [0.25, 0.3) is 0 Å². The van der Waals surface area contributed by atoms with Crippen molar-refractivity contribution in [3.63, 3.8) is 0 Å². The van der Waals surface area contributed by atoms with E-state index in [9.17, 15) is 9.59 Å². The highest BCUT2D eigenvalue weighted by atomic mass is 16.5. The third-order valence-corrected chi connectivity index (χ3v) is 2.81. The monoisotopic (exact) mass is 288 g/mol. The fraction of sp³-hybridized carbons (Fsp3) is 0.857. The highest BCUT2D eigenvalue weighted by Crippen LogP contribution is 2.01. The van der Waals surface area contributed by atoms with Crippen LogP contribution in [0.3, 0.4) is 0 Å². The molecule has 20 heavy (non-hydrogen) atoms. The molecule has 0 aliphatic heterocycles. The Labute approximate surface area is 121 Å². The molecule has 0 aliphatic carbocycles. The number of hydrogen-bond acceptors (Lipinski definition) is 5. The standard InChI is InChI=1S/C14H28N2O4/c1-4-20-13(17)8-6-5-7-9-15-12(2)14(18)16-10-11-19-3/h12,15H,4-11H2,1-3H3,(H,16,18). The molecule has 6 nitrogen and oxygen atoms in total. The van der Waals surface area contributed by atoms with E-state index in [0.29, 0.717) is 26.2 Å². The van der Waals surface area contributed by atoms with Crippen LogP contribution in [0.15, 0.2) is 0 Å². The minimum absolute atomic E-state index is 0.0198. The van der Waals surface area contributed by atoms with Gasteiger partial charge >= 0.3 is 5.97 Å². The Bertz CT molecular complexity index is 272. The fourth-order valence-electron chi connectivity index (χ4n) is 1.64. The van der Waals surface area contributed by atoms with Crippen LogP contribution in [0, 0.1) is 0 Å². The lowest BCUT2D eigenvalue weighted by atomic mass is 10.2. The Morgan fingerprint density at radius 1 is 1.15 bits per heavy atom. The highest BCUT2D eigenvalue weighted by Gasteiger charge is 2.10. The van der Waals surface area contributed by atoms with Crippen LogP contribution in [0.4, 0.5) is 0 Å². The topological polar surface area (TPSA) is 76.7 Å². The summed E-state index contributed by atoms with van der Waals surface area (Å²) in [5.41, 5.74) is 0. The fourth-order valence-corrected chi connectivity index (χ4v) is 1.64. The summed E-state index contributed by atoms with van der Waals surface area (Å²) in [6, 6.07) is -0.211. The Morgan fingerprint density at radius 2 is 1.90 bits per heavy atom. The molecule has 0 rings (SSSR count). The van der Waals surface area contributed by atoms with Crippen molar-refractivity contribution >= 4 is 11.9 Å². The van der Waals surface area contributed by atoms with Gasteiger partial charge in [-0.1, -0.05) is 6.42 Å². The molecule has 0 bridgehead atoms. The lowest BCUT2D eigenvalue weighted by molar-refractivity contribution is -0.143. The molecular weight excluding hydrogens is 260 g/mol. The summed E-state index contributed by atoms with van der Waals surface area (Å²) in [6.07, 6.45) is 3.19. The van der Waals surface area contributed by atoms with Crippen molar-refractivity contribution in [1.29, 1.82) is 0 Å². The van der Waals surface area contributed by atoms with Crippen LogP contribution in [0.5, 0.6) is 0 Å². The van der Waals surface area contributed by atoms with Crippen LogP contribution >= 0.6 is 0 Å². The number of ether oxygens (including phenoxy) is 2. The number of methoxy groups -OCH3 is 1. The molecule has 1 amide bonds. The zero-order chi connectivity index (χ0) is 15.2. The molecular formula is C14H28N2O4. The maximum Gasteiger partial charge on any atom is 0.305 e. The van der Waals surface area contributed by atoms with Gasteiger partial charge in [-0.15, -0.1) is 0 Å². The van der Waals surface area contributed by atoms with Gasteiger partial charge in [0.15, 0.2) is 0 Å². The van der Waals surface area contributed by atoms with E-state index in [1.807, 2.05) is 6.92 Å². The van der Waals surface area contributed by atoms with Gasteiger partial charge in [-0.2, -0.15) is 0 Å². The number of amides is 1. The van der Waals surface area contributed by atoms with E-state index < -0.39 is 0 Å². The number of carbonyl (C=O) groups is 2. The van der Waals surface area contributed by atoms with Gasteiger partial charge < -0.3 is 20.1 Å². The first kappa shape index (κ1) is 18.9. The third kappa shape index (κ3) is 10.8. The van der Waals surface area contributed by atoms with Crippen molar-refractivity contribution in [1.82, 2.24) is 10.6 Å². The van der Waals surface area contributed by atoms with Crippen molar-refractivity contribution in [2.45, 2.75) is 45.6 Å². The minimum Gasteiger partial charge on any atom is -0.466 e. The second kappa shape index (κ2) is 12.9. The summed E-state index contributed by atoms with van der Waals surface area (Å²) in [7, 11) is 1.60. The minimum atomic E-state index is -0.211. The second-order valence-electron chi connectivity index (χ2n) is 4.58. The van der Waals surface area contributed by atoms with Gasteiger partial charge in [0.2, 0.25) is 5.91 Å². The molecule has 118 valence electrons. The van der Waals surface area contributed by atoms with E-state index in [0.717, 1.165) is 25.8 Å². The van der Waals surface area contributed by atoms with Gasteiger partial charge in [-0.05, 0) is 33.2 Å². The molecule has 0 saturated heterocycles. The van der Waals surface area contributed by atoms with Crippen molar-refractivity contribution in [3.05, 3.63) is 0 Å².